The van der Waals surface area contributed by atoms with Gasteiger partial charge >= 0.3 is 5.69 Å². The first kappa shape index (κ1) is 16.8. The van der Waals surface area contributed by atoms with Crippen LogP contribution < -0.4 is 11.0 Å². The minimum absolute atomic E-state index is 0.200. The van der Waals surface area contributed by atoms with Gasteiger partial charge in [0.1, 0.15) is 5.54 Å². The minimum atomic E-state index is -0.452. The average molecular weight is 297 g/mol. The van der Waals surface area contributed by atoms with Crippen molar-refractivity contribution in [1.29, 1.82) is 5.26 Å². The fourth-order valence-electron chi connectivity index (χ4n) is 2.07. The Morgan fingerprint density at radius 3 is 2.75 bits per heavy atom. The summed E-state index contributed by atoms with van der Waals surface area (Å²) in [7, 11) is 1.69. The van der Waals surface area contributed by atoms with Crippen LogP contribution in [0.2, 0.25) is 0 Å². The number of rotatable bonds is 8. The van der Waals surface area contributed by atoms with Crippen LogP contribution in [0, 0.1) is 11.3 Å². The van der Waals surface area contributed by atoms with Gasteiger partial charge in [0.25, 0.3) is 0 Å². The third kappa shape index (κ3) is 4.39. The molecule has 1 heterocycles. The number of aromatic amines is 1. The molecule has 1 aromatic heterocycles. The van der Waals surface area contributed by atoms with Gasteiger partial charge in [-0.3, -0.25) is 9.88 Å². The van der Waals surface area contributed by atoms with Crippen molar-refractivity contribution in [1.82, 2.24) is 20.1 Å². The molecule has 1 atom stereocenters. The lowest BCUT2D eigenvalue weighted by Crippen LogP contribution is -2.47. The van der Waals surface area contributed by atoms with Gasteiger partial charge in [-0.05, 0) is 33.1 Å². The summed E-state index contributed by atoms with van der Waals surface area (Å²) in [5.74, 6) is 0.835. The molecule has 20 heavy (non-hydrogen) atoms. The number of thioether (sulfide) groups is 1. The molecule has 0 aromatic carbocycles. The van der Waals surface area contributed by atoms with E-state index < -0.39 is 5.54 Å². The van der Waals surface area contributed by atoms with E-state index in [4.69, 9.17) is 0 Å². The lowest BCUT2D eigenvalue weighted by molar-refractivity contribution is 0.341. The Morgan fingerprint density at radius 2 is 2.30 bits per heavy atom. The van der Waals surface area contributed by atoms with Crippen molar-refractivity contribution >= 4 is 11.8 Å². The van der Waals surface area contributed by atoms with Gasteiger partial charge in [-0.1, -0.05) is 18.7 Å². The zero-order chi connectivity index (χ0) is 15.2. The molecular formula is C13H23N5OS. The van der Waals surface area contributed by atoms with Crippen LogP contribution in [0.1, 0.15) is 40.0 Å². The van der Waals surface area contributed by atoms with Crippen molar-refractivity contribution in [2.75, 3.05) is 5.75 Å². The van der Waals surface area contributed by atoms with Gasteiger partial charge in [0.15, 0.2) is 5.16 Å². The van der Waals surface area contributed by atoms with Crippen LogP contribution in [0.3, 0.4) is 0 Å². The zero-order valence-electron chi connectivity index (χ0n) is 12.6. The lowest BCUT2D eigenvalue weighted by atomic mass is 9.91. The molecule has 6 nitrogen and oxygen atoms in total. The van der Waals surface area contributed by atoms with Gasteiger partial charge in [0.2, 0.25) is 0 Å². The van der Waals surface area contributed by atoms with Crippen molar-refractivity contribution < 1.29 is 0 Å². The number of hydrogen-bond donors (Lipinski definition) is 2. The quantitative estimate of drug-likeness (QED) is 0.563. The summed E-state index contributed by atoms with van der Waals surface area (Å²) < 4.78 is 1.49. The summed E-state index contributed by atoms with van der Waals surface area (Å²) in [4.78, 5) is 11.2. The van der Waals surface area contributed by atoms with E-state index in [-0.39, 0.29) is 11.7 Å². The molecule has 0 amide bonds. The Labute approximate surface area is 123 Å². The van der Waals surface area contributed by atoms with Gasteiger partial charge in [0, 0.05) is 18.8 Å². The summed E-state index contributed by atoms with van der Waals surface area (Å²) in [6.07, 6.45) is 2.48. The first-order valence-corrected chi connectivity index (χ1v) is 7.86. The highest BCUT2D eigenvalue weighted by atomic mass is 32.2. The standard InChI is InChI=1S/C13H23N5OS/c1-5-13(9-14,15-10(2)3)7-6-8-20-12-17-16-11(19)18(12)4/h10,15H,5-8H2,1-4H3,(H,16,19). The molecule has 0 saturated carbocycles. The SMILES string of the molecule is CCC(C#N)(CCCSc1n[nH]c(=O)n1C)NC(C)C. The third-order valence-electron chi connectivity index (χ3n) is 3.20. The van der Waals surface area contributed by atoms with Crippen LogP contribution in [-0.4, -0.2) is 32.1 Å². The van der Waals surface area contributed by atoms with E-state index in [9.17, 15) is 10.1 Å². The van der Waals surface area contributed by atoms with E-state index in [1.54, 1.807) is 7.05 Å². The summed E-state index contributed by atoms with van der Waals surface area (Å²) in [5, 5.41) is 19.8. The van der Waals surface area contributed by atoms with E-state index in [0.717, 1.165) is 25.0 Å². The van der Waals surface area contributed by atoms with E-state index >= 15 is 0 Å². The second kappa shape index (κ2) is 7.50. The number of nitrogens with one attached hydrogen (secondary N) is 2. The first-order chi connectivity index (χ1) is 9.44. The molecule has 0 spiro atoms. The first-order valence-electron chi connectivity index (χ1n) is 6.87. The predicted molar refractivity (Wildman–Crippen MR) is 80.7 cm³/mol. The van der Waals surface area contributed by atoms with Crippen molar-refractivity contribution in [3.05, 3.63) is 10.5 Å². The van der Waals surface area contributed by atoms with Gasteiger partial charge in [-0.25, -0.2) is 9.89 Å². The summed E-state index contributed by atoms with van der Waals surface area (Å²) >= 11 is 1.53. The van der Waals surface area contributed by atoms with Crippen LogP contribution in [0.15, 0.2) is 9.95 Å². The maximum atomic E-state index is 11.2. The van der Waals surface area contributed by atoms with E-state index in [1.165, 1.54) is 16.3 Å². The number of nitriles is 1. The second-order valence-corrected chi connectivity index (χ2v) is 6.23. The molecule has 0 radical (unpaired) electrons. The van der Waals surface area contributed by atoms with Crippen LogP contribution in [0.25, 0.3) is 0 Å². The molecule has 0 aliphatic rings. The Bertz CT molecular complexity index is 516. The van der Waals surface area contributed by atoms with Gasteiger partial charge in [0.05, 0.1) is 6.07 Å². The maximum Gasteiger partial charge on any atom is 0.343 e. The molecule has 0 fully saturated rings. The number of H-pyrrole nitrogens is 1. The lowest BCUT2D eigenvalue weighted by Gasteiger charge is -2.29. The van der Waals surface area contributed by atoms with Crippen LogP contribution in [0.4, 0.5) is 0 Å². The molecule has 1 rings (SSSR count). The highest BCUT2D eigenvalue weighted by Gasteiger charge is 2.27. The second-order valence-electron chi connectivity index (χ2n) is 5.17. The summed E-state index contributed by atoms with van der Waals surface area (Å²) in [5.41, 5.74) is -0.652. The molecule has 0 bridgehead atoms. The molecule has 112 valence electrons. The van der Waals surface area contributed by atoms with Crippen molar-refractivity contribution in [2.45, 2.75) is 56.8 Å². The Morgan fingerprint density at radius 1 is 1.60 bits per heavy atom. The van der Waals surface area contributed by atoms with E-state index in [1.807, 2.05) is 6.92 Å². The van der Waals surface area contributed by atoms with Gasteiger partial charge < -0.3 is 0 Å². The summed E-state index contributed by atoms with van der Waals surface area (Å²) in [6.45, 7) is 6.13. The van der Waals surface area contributed by atoms with Crippen LogP contribution in [0.5, 0.6) is 0 Å². The van der Waals surface area contributed by atoms with E-state index in [0.29, 0.717) is 5.16 Å². The van der Waals surface area contributed by atoms with Crippen molar-refractivity contribution in [2.24, 2.45) is 7.05 Å². The number of aromatic nitrogens is 3. The molecule has 1 unspecified atom stereocenters. The average Bonchev–Trinajstić information content (AvgIpc) is 2.73. The Hall–Kier alpha value is -1.26. The molecular weight excluding hydrogens is 274 g/mol. The van der Waals surface area contributed by atoms with Crippen molar-refractivity contribution in [3.8, 4) is 6.07 Å². The third-order valence-corrected chi connectivity index (χ3v) is 4.32. The highest BCUT2D eigenvalue weighted by Crippen LogP contribution is 2.21. The molecule has 0 aliphatic carbocycles. The monoisotopic (exact) mass is 297 g/mol. The minimum Gasteiger partial charge on any atom is -0.297 e. The molecule has 1 aromatic rings. The Kier molecular flexibility index (Phi) is 6.30. The maximum absolute atomic E-state index is 11.2. The van der Waals surface area contributed by atoms with E-state index in [2.05, 4.69) is 35.4 Å². The molecule has 7 heteroatoms. The molecule has 2 N–H and O–H groups in total. The van der Waals surface area contributed by atoms with Crippen LogP contribution in [-0.2, 0) is 7.05 Å². The normalized spacial score (nSPS) is 14.2. The van der Waals surface area contributed by atoms with Gasteiger partial charge in [-0.15, -0.1) is 5.10 Å². The number of nitrogens with zero attached hydrogens (tertiary/aromatic N) is 3. The van der Waals surface area contributed by atoms with Crippen molar-refractivity contribution in [3.63, 3.8) is 0 Å². The fourth-order valence-corrected chi connectivity index (χ4v) is 2.93. The molecule has 0 aliphatic heterocycles. The van der Waals surface area contributed by atoms with Crippen LogP contribution >= 0.6 is 11.8 Å². The Balaban J connectivity index is 2.47. The molecule has 0 saturated heterocycles. The van der Waals surface area contributed by atoms with Gasteiger partial charge in [-0.2, -0.15) is 5.26 Å². The topological polar surface area (TPSA) is 86.5 Å². The zero-order valence-corrected chi connectivity index (χ0v) is 13.4. The largest absolute Gasteiger partial charge is 0.343 e. The number of hydrogen-bond acceptors (Lipinski definition) is 5. The smallest absolute Gasteiger partial charge is 0.297 e. The fraction of sp³-hybridized carbons (Fsp3) is 0.769. The predicted octanol–water partition coefficient (Wildman–Crippen LogP) is 1.65. The summed E-state index contributed by atoms with van der Waals surface area (Å²) in [6, 6.07) is 2.70. The highest BCUT2D eigenvalue weighted by molar-refractivity contribution is 7.99.